The van der Waals surface area contributed by atoms with Gasteiger partial charge in [-0.15, -0.1) is 0 Å². The molecule has 8 heteroatoms. The molecule has 0 spiro atoms. The number of para-hydroxylation sites is 1. The highest BCUT2D eigenvalue weighted by atomic mass is 16.5. The minimum Gasteiger partial charge on any atom is -0.497 e. The number of hydrogen-bond donors (Lipinski definition) is 1. The molecule has 8 nitrogen and oxygen atoms in total. The van der Waals surface area contributed by atoms with E-state index in [0.29, 0.717) is 40.8 Å². The Kier molecular flexibility index (Phi) is 6.77. The second-order valence-corrected chi connectivity index (χ2v) is 7.68. The van der Waals surface area contributed by atoms with Crippen molar-refractivity contribution in [2.45, 2.75) is 13.8 Å². The van der Waals surface area contributed by atoms with Crippen LogP contribution in [-0.2, 0) is 4.79 Å². The number of furan rings is 1. The summed E-state index contributed by atoms with van der Waals surface area (Å²) in [6, 6.07) is 20.2. The van der Waals surface area contributed by atoms with Crippen molar-refractivity contribution in [3.63, 3.8) is 0 Å². The molecule has 0 fully saturated rings. The monoisotopic (exact) mass is 458 g/mol. The summed E-state index contributed by atoms with van der Waals surface area (Å²) in [4.78, 5) is 27.7. The van der Waals surface area contributed by atoms with E-state index in [9.17, 15) is 9.59 Å². The molecule has 0 aliphatic heterocycles. The second kappa shape index (κ2) is 10.1. The van der Waals surface area contributed by atoms with E-state index in [1.54, 1.807) is 48.3 Å². The van der Waals surface area contributed by atoms with E-state index in [2.05, 4.69) is 10.4 Å². The number of nitrogens with zero attached hydrogens (tertiary/aromatic N) is 3. The fraction of sp³-hybridized carbons (Fsp3) is 0.192. The molecule has 4 rings (SSSR count). The zero-order valence-electron chi connectivity index (χ0n) is 19.3. The van der Waals surface area contributed by atoms with Gasteiger partial charge in [0.05, 0.1) is 18.4 Å². The normalized spacial score (nSPS) is 10.7. The summed E-state index contributed by atoms with van der Waals surface area (Å²) in [5, 5.41) is 7.45. The van der Waals surface area contributed by atoms with Crippen molar-refractivity contribution < 1.29 is 18.7 Å². The van der Waals surface area contributed by atoms with Gasteiger partial charge < -0.3 is 19.4 Å². The molecule has 2 heterocycles. The van der Waals surface area contributed by atoms with Crippen LogP contribution in [-0.4, -0.2) is 46.7 Å². The van der Waals surface area contributed by atoms with E-state index in [4.69, 9.17) is 9.15 Å². The molecule has 0 aliphatic carbocycles. The second-order valence-electron chi connectivity index (χ2n) is 7.68. The molecule has 34 heavy (non-hydrogen) atoms. The fourth-order valence-electron chi connectivity index (χ4n) is 3.56. The number of amides is 2. The van der Waals surface area contributed by atoms with Crippen LogP contribution in [0.2, 0.25) is 0 Å². The first-order valence-corrected chi connectivity index (χ1v) is 10.9. The average Bonchev–Trinajstić information content (AvgIpc) is 3.49. The maximum absolute atomic E-state index is 13.5. The maximum atomic E-state index is 13.5. The molecule has 1 N–H and O–H groups in total. The van der Waals surface area contributed by atoms with Crippen LogP contribution in [0.25, 0.3) is 17.1 Å². The molecule has 2 aromatic heterocycles. The van der Waals surface area contributed by atoms with Crippen molar-refractivity contribution >= 4 is 17.5 Å². The summed E-state index contributed by atoms with van der Waals surface area (Å²) < 4.78 is 12.6. The molecule has 2 amide bonds. The van der Waals surface area contributed by atoms with Gasteiger partial charge >= 0.3 is 0 Å². The third kappa shape index (κ3) is 5.01. The van der Waals surface area contributed by atoms with Crippen molar-refractivity contribution in [2.24, 2.45) is 0 Å². The van der Waals surface area contributed by atoms with E-state index in [1.165, 1.54) is 4.90 Å². The fourth-order valence-corrected chi connectivity index (χ4v) is 3.56. The van der Waals surface area contributed by atoms with Crippen molar-refractivity contribution in [3.05, 3.63) is 84.3 Å². The standard InChI is InChI=1S/C26H26N4O4/c1-4-29(17-24(31)27-19-9-8-12-21(15-19)33-3)26(32)22-16-30(20-10-6-5-7-11-20)28-25(22)23-14-13-18(2)34-23/h5-16H,4,17H2,1-3H3,(H,27,31). The predicted molar refractivity (Wildman–Crippen MR) is 129 cm³/mol. The zero-order chi connectivity index (χ0) is 24.1. The summed E-state index contributed by atoms with van der Waals surface area (Å²) in [6.07, 6.45) is 1.67. The average molecular weight is 459 g/mol. The first-order chi connectivity index (χ1) is 16.5. The number of rotatable bonds is 8. The molecule has 4 aromatic rings. The number of carbonyl (C=O) groups is 2. The molecule has 0 saturated heterocycles. The number of nitrogens with one attached hydrogen (secondary N) is 1. The molecule has 2 aromatic carbocycles. The number of likely N-dealkylation sites (N-methyl/N-ethyl adjacent to an activating group) is 1. The highest BCUT2D eigenvalue weighted by molar-refractivity contribution is 6.02. The molecule has 174 valence electrons. The van der Waals surface area contributed by atoms with Crippen molar-refractivity contribution in [3.8, 4) is 22.9 Å². The number of hydrogen-bond acceptors (Lipinski definition) is 5. The van der Waals surface area contributed by atoms with Gasteiger partial charge in [-0.1, -0.05) is 24.3 Å². The van der Waals surface area contributed by atoms with Gasteiger partial charge in [-0.25, -0.2) is 4.68 Å². The molecule has 0 aliphatic rings. The van der Waals surface area contributed by atoms with Gasteiger partial charge in [-0.3, -0.25) is 9.59 Å². The highest BCUT2D eigenvalue weighted by Crippen LogP contribution is 2.27. The Hall–Kier alpha value is -4.33. The van der Waals surface area contributed by atoms with Crippen molar-refractivity contribution in [1.29, 1.82) is 0 Å². The minimum atomic E-state index is -0.311. The summed E-state index contributed by atoms with van der Waals surface area (Å²) in [6.45, 7) is 3.90. The van der Waals surface area contributed by atoms with E-state index in [0.717, 1.165) is 5.69 Å². The molecule has 0 bridgehead atoms. The predicted octanol–water partition coefficient (Wildman–Crippen LogP) is 4.55. The summed E-state index contributed by atoms with van der Waals surface area (Å²) >= 11 is 0. The van der Waals surface area contributed by atoms with Crippen LogP contribution in [0.5, 0.6) is 5.75 Å². The zero-order valence-corrected chi connectivity index (χ0v) is 19.3. The van der Waals surface area contributed by atoms with Gasteiger partial charge in [0.25, 0.3) is 5.91 Å². The largest absolute Gasteiger partial charge is 0.497 e. The first-order valence-electron chi connectivity index (χ1n) is 10.9. The Morgan fingerprint density at radius 3 is 2.56 bits per heavy atom. The SMILES string of the molecule is CCN(CC(=O)Nc1cccc(OC)c1)C(=O)c1cn(-c2ccccc2)nc1-c1ccc(C)o1. The van der Waals surface area contributed by atoms with Gasteiger partial charge in [0.15, 0.2) is 5.76 Å². The van der Waals surface area contributed by atoms with Crippen molar-refractivity contribution in [2.75, 3.05) is 25.5 Å². The maximum Gasteiger partial charge on any atom is 0.258 e. The van der Waals surface area contributed by atoms with E-state index in [-0.39, 0.29) is 18.4 Å². The smallest absolute Gasteiger partial charge is 0.258 e. The van der Waals surface area contributed by atoms with Crippen LogP contribution < -0.4 is 10.1 Å². The topological polar surface area (TPSA) is 89.6 Å². The van der Waals surface area contributed by atoms with E-state index in [1.807, 2.05) is 50.2 Å². The number of methoxy groups -OCH3 is 1. The van der Waals surface area contributed by atoms with Crippen LogP contribution >= 0.6 is 0 Å². The molecule has 0 radical (unpaired) electrons. The lowest BCUT2D eigenvalue weighted by Gasteiger charge is -2.20. The highest BCUT2D eigenvalue weighted by Gasteiger charge is 2.25. The number of benzene rings is 2. The number of carbonyl (C=O) groups excluding carboxylic acids is 2. The lowest BCUT2D eigenvalue weighted by Crippen LogP contribution is -2.38. The number of anilines is 1. The lowest BCUT2D eigenvalue weighted by molar-refractivity contribution is -0.116. The summed E-state index contributed by atoms with van der Waals surface area (Å²) in [5.41, 5.74) is 2.18. The Labute approximate surface area is 197 Å². The molecule has 0 unspecified atom stereocenters. The minimum absolute atomic E-state index is 0.111. The van der Waals surface area contributed by atoms with Gasteiger partial charge in [-0.2, -0.15) is 5.10 Å². The van der Waals surface area contributed by atoms with Gasteiger partial charge in [0.2, 0.25) is 5.91 Å². The molecule has 0 atom stereocenters. The Balaban J connectivity index is 1.60. The summed E-state index contributed by atoms with van der Waals surface area (Å²) in [7, 11) is 1.56. The van der Waals surface area contributed by atoms with Crippen molar-refractivity contribution in [1.82, 2.24) is 14.7 Å². The first kappa shape index (κ1) is 22.8. The van der Waals surface area contributed by atoms with Crippen LogP contribution in [0.4, 0.5) is 5.69 Å². The van der Waals surface area contributed by atoms with Gasteiger partial charge in [0, 0.05) is 24.5 Å². The van der Waals surface area contributed by atoms with Crippen LogP contribution in [0.15, 0.2) is 77.3 Å². The van der Waals surface area contributed by atoms with Gasteiger partial charge in [0.1, 0.15) is 23.7 Å². The Morgan fingerprint density at radius 1 is 1.09 bits per heavy atom. The molecule has 0 saturated carbocycles. The third-order valence-corrected chi connectivity index (χ3v) is 5.30. The van der Waals surface area contributed by atoms with Crippen LogP contribution in [0.3, 0.4) is 0 Å². The lowest BCUT2D eigenvalue weighted by atomic mass is 10.2. The number of aromatic nitrogens is 2. The Bertz CT molecular complexity index is 1290. The molecular weight excluding hydrogens is 432 g/mol. The molecular formula is C26H26N4O4. The van der Waals surface area contributed by atoms with E-state index < -0.39 is 0 Å². The van der Waals surface area contributed by atoms with Crippen LogP contribution in [0.1, 0.15) is 23.0 Å². The van der Waals surface area contributed by atoms with Crippen LogP contribution in [0, 0.1) is 6.92 Å². The van der Waals surface area contributed by atoms with Gasteiger partial charge in [-0.05, 0) is 50.2 Å². The quantitative estimate of drug-likeness (QED) is 0.418. The summed E-state index contributed by atoms with van der Waals surface area (Å²) in [5.74, 6) is 1.22. The van der Waals surface area contributed by atoms with E-state index >= 15 is 0 Å². The third-order valence-electron chi connectivity index (χ3n) is 5.30. The number of aryl methyl sites for hydroxylation is 1. The Morgan fingerprint density at radius 2 is 1.88 bits per heavy atom. The number of ether oxygens (including phenoxy) is 1.